The Morgan fingerprint density at radius 3 is 2.59 bits per heavy atom. The SMILES string of the molecule is CO[C@@H]1CN(C(C)C)C[C@H]1NC(=O)Nc1ccc(Oc2cccnc2)cc1. The number of nitrogens with zero attached hydrogens (tertiary/aromatic N) is 2. The molecule has 144 valence electrons. The molecule has 2 amide bonds. The van der Waals surface area contributed by atoms with E-state index < -0.39 is 0 Å². The molecule has 3 rings (SSSR count). The van der Waals surface area contributed by atoms with E-state index in [-0.39, 0.29) is 18.2 Å². The summed E-state index contributed by atoms with van der Waals surface area (Å²) < 4.78 is 11.2. The maximum absolute atomic E-state index is 12.3. The van der Waals surface area contributed by atoms with Crippen LogP contribution in [0.25, 0.3) is 0 Å². The molecule has 1 aromatic carbocycles. The van der Waals surface area contributed by atoms with Crippen molar-refractivity contribution in [2.45, 2.75) is 32.0 Å². The smallest absolute Gasteiger partial charge is 0.319 e. The van der Waals surface area contributed by atoms with Crippen molar-refractivity contribution >= 4 is 11.7 Å². The average Bonchev–Trinajstić information content (AvgIpc) is 3.07. The summed E-state index contributed by atoms with van der Waals surface area (Å²) in [5.41, 5.74) is 0.693. The lowest BCUT2D eigenvalue weighted by Crippen LogP contribution is -2.45. The Morgan fingerprint density at radius 2 is 1.96 bits per heavy atom. The highest BCUT2D eigenvalue weighted by Gasteiger charge is 2.34. The second-order valence-electron chi connectivity index (χ2n) is 6.84. The minimum atomic E-state index is -0.242. The Balaban J connectivity index is 1.53. The molecule has 1 aromatic heterocycles. The minimum Gasteiger partial charge on any atom is -0.456 e. The standard InChI is InChI=1S/C20H26N4O3/c1-14(2)24-12-18(19(13-24)26-3)23-20(25)22-15-6-8-16(9-7-15)27-17-5-4-10-21-11-17/h4-11,14,18-19H,12-13H2,1-3H3,(H2,22,23,25)/t18-,19-/m1/s1. The molecule has 0 radical (unpaired) electrons. The zero-order chi connectivity index (χ0) is 19.2. The van der Waals surface area contributed by atoms with Crippen molar-refractivity contribution in [1.82, 2.24) is 15.2 Å². The van der Waals surface area contributed by atoms with Gasteiger partial charge in [-0.1, -0.05) is 0 Å². The van der Waals surface area contributed by atoms with E-state index in [1.165, 1.54) is 0 Å². The number of benzene rings is 1. The van der Waals surface area contributed by atoms with Crippen LogP contribution in [0.4, 0.5) is 10.5 Å². The number of hydrogen-bond donors (Lipinski definition) is 2. The second-order valence-corrected chi connectivity index (χ2v) is 6.84. The summed E-state index contributed by atoms with van der Waals surface area (Å²) in [6.07, 6.45) is 3.33. The van der Waals surface area contributed by atoms with Crippen LogP contribution in [0.15, 0.2) is 48.8 Å². The molecule has 27 heavy (non-hydrogen) atoms. The Kier molecular flexibility index (Phi) is 6.26. The molecule has 1 aliphatic heterocycles. The number of likely N-dealkylation sites (tertiary alicyclic amines) is 1. The number of methoxy groups -OCH3 is 1. The van der Waals surface area contributed by atoms with Gasteiger partial charge in [0.25, 0.3) is 0 Å². The summed E-state index contributed by atoms with van der Waals surface area (Å²) in [7, 11) is 1.68. The Bertz CT molecular complexity index is 737. The molecule has 0 bridgehead atoms. The summed E-state index contributed by atoms with van der Waals surface area (Å²) in [5, 5.41) is 5.87. The zero-order valence-corrected chi connectivity index (χ0v) is 15.9. The van der Waals surface area contributed by atoms with E-state index in [9.17, 15) is 4.79 Å². The van der Waals surface area contributed by atoms with Gasteiger partial charge in [0.05, 0.1) is 18.3 Å². The van der Waals surface area contributed by atoms with E-state index in [0.717, 1.165) is 13.1 Å². The number of aromatic nitrogens is 1. The molecule has 0 spiro atoms. The lowest BCUT2D eigenvalue weighted by atomic mass is 10.2. The lowest BCUT2D eigenvalue weighted by Gasteiger charge is -2.20. The van der Waals surface area contributed by atoms with Crippen molar-refractivity contribution in [1.29, 1.82) is 0 Å². The Labute approximate surface area is 159 Å². The normalized spacial score (nSPS) is 19.9. The number of amides is 2. The highest BCUT2D eigenvalue weighted by molar-refractivity contribution is 5.89. The van der Waals surface area contributed by atoms with Crippen LogP contribution in [-0.4, -0.2) is 54.3 Å². The molecule has 2 atom stereocenters. The van der Waals surface area contributed by atoms with Gasteiger partial charge < -0.3 is 20.1 Å². The van der Waals surface area contributed by atoms with E-state index in [1.54, 1.807) is 43.8 Å². The van der Waals surface area contributed by atoms with Crippen molar-refractivity contribution in [3.63, 3.8) is 0 Å². The fourth-order valence-electron chi connectivity index (χ4n) is 3.09. The molecular formula is C20H26N4O3. The van der Waals surface area contributed by atoms with Gasteiger partial charge in [-0.2, -0.15) is 0 Å². The first kappa shape index (κ1) is 19.1. The number of carbonyl (C=O) groups is 1. The Hall–Kier alpha value is -2.64. The molecular weight excluding hydrogens is 344 g/mol. The molecule has 0 saturated carbocycles. The fraction of sp³-hybridized carbons (Fsp3) is 0.400. The van der Waals surface area contributed by atoms with Crippen LogP contribution >= 0.6 is 0 Å². The van der Waals surface area contributed by atoms with Gasteiger partial charge in [0.2, 0.25) is 0 Å². The highest BCUT2D eigenvalue weighted by Crippen LogP contribution is 2.22. The number of anilines is 1. The first-order chi connectivity index (χ1) is 13.0. The first-order valence-electron chi connectivity index (χ1n) is 9.07. The van der Waals surface area contributed by atoms with Crippen molar-refractivity contribution in [2.24, 2.45) is 0 Å². The van der Waals surface area contributed by atoms with Gasteiger partial charge >= 0.3 is 6.03 Å². The van der Waals surface area contributed by atoms with Crippen molar-refractivity contribution < 1.29 is 14.3 Å². The van der Waals surface area contributed by atoms with Gasteiger partial charge in [-0.15, -0.1) is 0 Å². The van der Waals surface area contributed by atoms with E-state index in [1.807, 2.05) is 12.1 Å². The molecule has 2 N–H and O–H groups in total. The van der Waals surface area contributed by atoms with Gasteiger partial charge in [-0.05, 0) is 50.2 Å². The van der Waals surface area contributed by atoms with Crippen LogP contribution in [0.2, 0.25) is 0 Å². The predicted molar refractivity (Wildman–Crippen MR) is 104 cm³/mol. The maximum Gasteiger partial charge on any atom is 0.319 e. The third-order valence-electron chi connectivity index (χ3n) is 4.63. The monoisotopic (exact) mass is 370 g/mol. The van der Waals surface area contributed by atoms with Gasteiger partial charge in [-0.3, -0.25) is 9.88 Å². The topological polar surface area (TPSA) is 75.7 Å². The predicted octanol–water partition coefficient (Wildman–Crippen LogP) is 3.10. The summed E-state index contributed by atoms with van der Waals surface area (Å²) in [5.74, 6) is 1.34. The van der Waals surface area contributed by atoms with Gasteiger partial charge in [0, 0.05) is 38.1 Å². The third kappa shape index (κ3) is 5.18. The van der Waals surface area contributed by atoms with Gasteiger partial charge in [-0.25, -0.2) is 4.79 Å². The lowest BCUT2D eigenvalue weighted by molar-refractivity contribution is 0.0896. The van der Waals surface area contributed by atoms with E-state index >= 15 is 0 Å². The molecule has 2 aromatic rings. The largest absolute Gasteiger partial charge is 0.456 e. The molecule has 0 aliphatic carbocycles. The van der Waals surface area contributed by atoms with E-state index in [4.69, 9.17) is 9.47 Å². The zero-order valence-electron chi connectivity index (χ0n) is 15.9. The molecule has 1 aliphatic rings. The molecule has 2 heterocycles. The van der Waals surface area contributed by atoms with Crippen LogP contribution in [0.5, 0.6) is 11.5 Å². The van der Waals surface area contributed by atoms with Crippen molar-refractivity contribution in [3.05, 3.63) is 48.8 Å². The number of carbonyl (C=O) groups excluding carboxylic acids is 1. The Morgan fingerprint density at radius 1 is 1.19 bits per heavy atom. The highest BCUT2D eigenvalue weighted by atomic mass is 16.5. The van der Waals surface area contributed by atoms with Gasteiger partial charge in [0.15, 0.2) is 0 Å². The number of ether oxygens (including phenoxy) is 2. The minimum absolute atomic E-state index is 0.00610. The van der Waals surface area contributed by atoms with Crippen molar-refractivity contribution in [3.8, 4) is 11.5 Å². The van der Waals surface area contributed by atoms with Crippen LogP contribution in [0.1, 0.15) is 13.8 Å². The summed E-state index contributed by atoms with van der Waals surface area (Å²) in [4.78, 5) is 18.7. The summed E-state index contributed by atoms with van der Waals surface area (Å²) in [6, 6.07) is 11.0. The number of hydrogen-bond acceptors (Lipinski definition) is 5. The molecule has 0 unspecified atom stereocenters. The molecule has 1 fully saturated rings. The van der Waals surface area contributed by atoms with Crippen LogP contribution in [-0.2, 0) is 4.74 Å². The molecule has 7 heteroatoms. The maximum atomic E-state index is 12.3. The third-order valence-corrected chi connectivity index (χ3v) is 4.63. The number of rotatable bonds is 6. The van der Waals surface area contributed by atoms with E-state index in [2.05, 4.69) is 34.4 Å². The molecule has 7 nitrogen and oxygen atoms in total. The average molecular weight is 370 g/mol. The van der Waals surface area contributed by atoms with Gasteiger partial charge in [0.1, 0.15) is 11.5 Å². The summed E-state index contributed by atoms with van der Waals surface area (Å²) in [6.45, 7) is 5.88. The fourth-order valence-corrected chi connectivity index (χ4v) is 3.09. The van der Waals surface area contributed by atoms with Crippen LogP contribution in [0, 0.1) is 0 Å². The summed E-state index contributed by atoms with van der Waals surface area (Å²) >= 11 is 0. The number of urea groups is 1. The van der Waals surface area contributed by atoms with Crippen molar-refractivity contribution in [2.75, 3.05) is 25.5 Å². The molecule has 1 saturated heterocycles. The second kappa shape index (κ2) is 8.83. The van der Waals surface area contributed by atoms with E-state index in [0.29, 0.717) is 23.2 Å². The number of pyridine rings is 1. The first-order valence-corrected chi connectivity index (χ1v) is 9.07. The quantitative estimate of drug-likeness (QED) is 0.817. The van der Waals surface area contributed by atoms with Crippen LogP contribution in [0.3, 0.4) is 0 Å². The number of nitrogens with one attached hydrogen (secondary N) is 2. The van der Waals surface area contributed by atoms with Crippen LogP contribution < -0.4 is 15.4 Å².